The van der Waals surface area contributed by atoms with Gasteiger partial charge in [0, 0.05) is 0 Å². The highest BCUT2D eigenvalue weighted by atomic mass is 14.4. The van der Waals surface area contributed by atoms with E-state index in [-0.39, 0.29) is 0 Å². The second kappa shape index (κ2) is 8.03. The molecule has 0 aromatic heterocycles. The van der Waals surface area contributed by atoms with Crippen LogP contribution in [0.1, 0.15) is 46.5 Å². The van der Waals surface area contributed by atoms with Gasteiger partial charge in [0.15, 0.2) is 0 Å². The Labute approximate surface area is 82.7 Å². The van der Waals surface area contributed by atoms with Crippen molar-refractivity contribution in [2.75, 3.05) is 0 Å². The lowest BCUT2D eigenvalue weighted by atomic mass is 9.85. The summed E-state index contributed by atoms with van der Waals surface area (Å²) in [6.07, 6.45) is 10.6. The normalized spacial score (nSPS) is 15.9. The first-order valence-corrected chi connectivity index (χ1v) is 5.41. The second-order valence-electron chi connectivity index (χ2n) is 3.59. The minimum atomic E-state index is 0.459. The van der Waals surface area contributed by atoms with Crippen LogP contribution in [-0.2, 0) is 0 Å². The highest BCUT2D eigenvalue weighted by Crippen LogP contribution is 2.22. The Bertz CT molecular complexity index is 149. The molecule has 0 rings (SSSR count). The second-order valence-corrected chi connectivity index (χ2v) is 3.59. The molecule has 0 aromatic rings. The van der Waals surface area contributed by atoms with Gasteiger partial charge in [-0.3, -0.25) is 0 Å². The molecule has 1 heteroatoms. The maximum atomic E-state index is 7.39. The standard InChI is InChI=1S/C12H23N/c1-4-7-9-12(10-13)11(6-3)8-5-2/h4,7,10-13H,5-6,8-9H2,1-3H3. The van der Waals surface area contributed by atoms with Crippen molar-refractivity contribution >= 4 is 6.21 Å². The lowest BCUT2D eigenvalue weighted by Crippen LogP contribution is -2.14. The average molecular weight is 181 g/mol. The quantitative estimate of drug-likeness (QED) is 0.452. The maximum absolute atomic E-state index is 7.39. The Morgan fingerprint density at radius 3 is 2.38 bits per heavy atom. The third-order valence-corrected chi connectivity index (χ3v) is 2.65. The SMILES string of the molecule is CC=CCC(C=N)C(CC)CCC. The van der Waals surface area contributed by atoms with Crippen molar-refractivity contribution in [3.63, 3.8) is 0 Å². The summed E-state index contributed by atoms with van der Waals surface area (Å²) in [6, 6.07) is 0. The van der Waals surface area contributed by atoms with E-state index < -0.39 is 0 Å². The molecular formula is C12H23N. The third-order valence-electron chi connectivity index (χ3n) is 2.65. The van der Waals surface area contributed by atoms with Crippen molar-refractivity contribution < 1.29 is 0 Å². The highest BCUT2D eigenvalue weighted by Gasteiger charge is 2.15. The van der Waals surface area contributed by atoms with E-state index in [2.05, 4.69) is 26.0 Å². The van der Waals surface area contributed by atoms with Crippen molar-refractivity contribution in [3.05, 3.63) is 12.2 Å². The largest absolute Gasteiger partial charge is 0.313 e. The fourth-order valence-electron chi connectivity index (χ4n) is 1.78. The molecule has 0 aliphatic rings. The molecule has 0 saturated heterocycles. The van der Waals surface area contributed by atoms with E-state index in [9.17, 15) is 0 Å². The van der Waals surface area contributed by atoms with E-state index in [0.29, 0.717) is 11.8 Å². The zero-order valence-electron chi connectivity index (χ0n) is 9.22. The third kappa shape index (κ3) is 4.87. The zero-order chi connectivity index (χ0) is 10.1. The summed E-state index contributed by atoms with van der Waals surface area (Å²) < 4.78 is 0. The van der Waals surface area contributed by atoms with E-state index in [1.807, 2.05) is 6.92 Å². The van der Waals surface area contributed by atoms with Gasteiger partial charge in [-0.05, 0) is 31.4 Å². The molecule has 0 fully saturated rings. The molecule has 0 spiro atoms. The van der Waals surface area contributed by atoms with Crippen LogP contribution in [0, 0.1) is 17.2 Å². The number of hydrogen-bond donors (Lipinski definition) is 1. The Morgan fingerprint density at radius 2 is 2.00 bits per heavy atom. The van der Waals surface area contributed by atoms with Crippen LogP contribution >= 0.6 is 0 Å². The van der Waals surface area contributed by atoms with Crippen LogP contribution in [0.3, 0.4) is 0 Å². The van der Waals surface area contributed by atoms with E-state index in [1.54, 1.807) is 6.21 Å². The average Bonchev–Trinajstić information content (AvgIpc) is 2.17. The Hall–Kier alpha value is -0.590. The van der Waals surface area contributed by atoms with Crippen molar-refractivity contribution in [1.29, 1.82) is 5.41 Å². The first-order valence-electron chi connectivity index (χ1n) is 5.41. The smallest absolute Gasteiger partial charge is 0.000221 e. The number of nitrogens with one attached hydrogen (secondary N) is 1. The number of allylic oxidation sites excluding steroid dienone is 2. The van der Waals surface area contributed by atoms with E-state index >= 15 is 0 Å². The Balaban J connectivity index is 4.07. The number of hydrogen-bond acceptors (Lipinski definition) is 1. The summed E-state index contributed by atoms with van der Waals surface area (Å²) in [5.74, 6) is 1.17. The van der Waals surface area contributed by atoms with Gasteiger partial charge in [0.1, 0.15) is 0 Å². The summed E-state index contributed by atoms with van der Waals surface area (Å²) in [6.45, 7) is 6.49. The molecule has 0 amide bonds. The van der Waals surface area contributed by atoms with Crippen LogP contribution in [0.5, 0.6) is 0 Å². The van der Waals surface area contributed by atoms with Crippen molar-refractivity contribution in [2.45, 2.75) is 46.5 Å². The van der Waals surface area contributed by atoms with Crippen LogP contribution in [0.15, 0.2) is 12.2 Å². The van der Waals surface area contributed by atoms with E-state index in [4.69, 9.17) is 5.41 Å². The van der Waals surface area contributed by atoms with Gasteiger partial charge in [-0.2, -0.15) is 0 Å². The summed E-state index contributed by atoms with van der Waals surface area (Å²) >= 11 is 0. The van der Waals surface area contributed by atoms with Gasteiger partial charge in [0.2, 0.25) is 0 Å². The summed E-state index contributed by atoms with van der Waals surface area (Å²) in [7, 11) is 0. The summed E-state index contributed by atoms with van der Waals surface area (Å²) in [5.41, 5.74) is 0. The van der Waals surface area contributed by atoms with Crippen LogP contribution in [0.25, 0.3) is 0 Å². The van der Waals surface area contributed by atoms with Gasteiger partial charge >= 0.3 is 0 Å². The maximum Gasteiger partial charge on any atom is -0.000221 e. The predicted octanol–water partition coefficient (Wildman–Crippen LogP) is 4.04. The van der Waals surface area contributed by atoms with Gasteiger partial charge in [-0.15, -0.1) is 0 Å². The molecule has 2 atom stereocenters. The van der Waals surface area contributed by atoms with Gasteiger partial charge < -0.3 is 5.41 Å². The van der Waals surface area contributed by atoms with Crippen LogP contribution in [-0.4, -0.2) is 6.21 Å². The van der Waals surface area contributed by atoms with Gasteiger partial charge in [0.25, 0.3) is 0 Å². The minimum absolute atomic E-state index is 0.459. The Kier molecular flexibility index (Phi) is 7.66. The fraction of sp³-hybridized carbons (Fsp3) is 0.750. The summed E-state index contributed by atoms with van der Waals surface area (Å²) in [4.78, 5) is 0. The minimum Gasteiger partial charge on any atom is -0.313 e. The molecule has 1 N–H and O–H groups in total. The predicted molar refractivity (Wildman–Crippen MR) is 60.4 cm³/mol. The topological polar surface area (TPSA) is 23.9 Å². The van der Waals surface area contributed by atoms with Crippen molar-refractivity contribution in [2.24, 2.45) is 11.8 Å². The monoisotopic (exact) mass is 181 g/mol. The van der Waals surface area contributed by atoms with Crippen molar-refractivity contribution in [1.82, 2.24) is 0 Å². The first kappa shape index (κ1) is 12.4. The molecule has 1 nitrogen and oxygen atoms in total. The molecule has 0 radical (unpaired) electrons. The first-order chi connectivity index (χ1) is 6.29. The fourth-order valence-corrected chi connectivity index (χ4v) is 1.78. The molecule has 2 unspecified atom stereocenters. The molecule has 0 bridgehead atoms. The lowest BCUT2D eigenvalue weighted by molar-refractivity contribution is 0.379. The van der Waals surface area contributed by atoms with Gasteiger partial charge in [0.05, 0.1) is 0 Å². The molecule has 0 aromatic carbocycles. The molecular weight excluding hydrogens is 158 g/mol. The zero-order valence-corrected chi connectivity index (χ0v) is 9.22. The number of rotatable bonds is 7. The summed E-state index contributed by atoms with van der Waals surface area (Å²) in [5, 5.41) is 7.39. The Morgan fingerprint density at radius 1 is 1.31 bits per heavy atom. The molecule has 13 heavy (non-hydrogen) atoms. The highest BCUT2D eigenvalue weighted by molar-refractivity contribution is 5.57. The van der Waals surface area contributed by atoms with E-state index in [0.717, 1.165) is 6.42 Å². The van der Waals surface area contributed by atoms with E-state index in [1.165, 1.54) is 19.3 Å². The van der Waals surface area contributed by atoms with Gasteiger partial charge in [-0.25, -0.2) is 0 Å². The molecule has 0 heterocycles. The molecule has 0 aliphatic heterocycles. The van der Waals surface area contributed by atoms with Crippen LogP contribution in [0.4, 0.5) is 0 Å². The molecule has 0 aliphatic carbocycles. The lowest BCUT2D eigenvalue weighted by Gasteiger charge is -2.20. The molecule has 0 saturated carbocycles. The molecule has 76 valence electrons. The van der Waals surface area contributed by atoms with Crippen LogP contribution < -0.4 is 0 Å². The van der Waals surface area contributed by atoms with Gasteiger partial charge in [-0.1, -0.05) is 45.3 Å². The van der Waals surface area contributed by atoms with Crippen molar-refractivity contribution in [3.8, 4) is 0 Å². The van der Waals surface area contributed by atoms with Crippen LogP contribution in [0.2, 0.25) is 0 Å².